The van der Waals surface area contributed by atoms with Crippen LogP contribution in [0.3, 0.4) is 0 Å². The second-order valence-electron chi connectivity index (χ2n) is 6.81. The van der Waals surface area contributed by atoms with Gasteiger partial charge < -0.3 is 4.74 Å². The average molecular weight is 447 g/mol. The summed E-state index contributed by atoms with van der Waals surface area (Å²) in [7, 11) is -7.20. The largest absolute Gasteiger partial charge is 0.489 e. The smallest absolute Gasteiger partial charge is 0.241 e. The maximum absolute atomic E-state index is 12.6. The molecule has 3 aromatic rings. The number of nitrogens with one attached hydrogen (secondary N) is 1. The predicted molar refractivity (Wildman–Crippen MR) is 113 cm³/mol. The van der Waals surface area contributed by atoms with Crippen molar-refractivity contribution in [1.29, 1.82) is 0 Å². The van der Waals surface area contributed by atoms with Crippen LogP contribution < -0.4 is 9.46 Å². The van der Waals surface area contributed by atoms with Crippen molar-refractivity contribution >= 4 is 19.9 Å². The zero-order valence-electron chi connectivity index (χ0n) is 16.5. The first-order chi connectivity index (χ1) is 14.1. The number of nitrogens with zero attached hydrogens (tertiary/aromatic N) is 1. The van der Waals surface area contributed by atoms with Gasteiger partial charge in [0.05, 0.1) is 9.79 Å². The molecule has 9 heteroatoms. The van der Waals surface area contributed by atoms with Crippen molar-refractivity contribution in [1.82, 2.24) is 9.71 Å². The molecule has 7 nitrogen and oxygen atoms in total. The van der Waals surface area contributed by atoms with E-state index in [1.807, 2.05) is 12.1 Å². The Labute approximate surface area is 176 Å². The van der Waals surface area contributed by atoms with Gasteiger partial charge in [0.1, 0.15) is 12.4 Å². The predicted octanol–water partition coefficient (Wildman–Crippen LogP) is 3.10. The molecule has 3 rings (SSSR count). The van der Waals surface area contributed by atoms with E-state index >= 15 is 0 Å². The standard InChI is InChI=1S/C21H22N2O5S2/c1-16(23-30(26,27)21-11-9-20(10-12-21)29(2,24)25)18-5-7-19(8-6-18)28-15-17-4-3-13-22-14-17/h3-14,16,23H,15H2,1-2H3. The number of rotatable bonds is 8. The molecular weight excluding hydrogens is 424 g/mol. The van der Waals surface area contributed by atoms with Crippen LogP contribution in [0.4, 0.5) is 0 Å². The van der Waals surface area contributed by atoms with Crippen LogP contribution in [0.1, 0.15) is 24.1 Å². The van der Waals surface area contributed by atoms with E-state index in [9.17, 15) is 16.8 Å². The average Bonchev–Trinajstić information content (AvgIpc) is 2.72. The molecule has 1 aromatic heterocycles. The van der Waals surface area contributed by atoms with E-state index in [0.29, 0.717) is 12.4 Å². The minimum atomic E-state index is -3.81. The lowest BCUT2D eigenvalue weighted by Gasteiger charge is -2.15. The Morgan fingerprint density at radius 1 is 0.933 bits per heavy atom. The lowest BCUT2D eigenvalue weighted by molar-refractivity contribution is 0.305. The molecule has 2 aromatic carbocycles. The zero-order chi connectivity index (χ0) is 21.8. The van der Waals surface area contributed by atoms with Crippen molar-refractivity contribution < 1.29 is 21.6 Å². The first kappa shape index (κ1) is 21.9. The van der Waals surface area contributed by atoms with Gasteiger partial charge in [-0.05, 0) is 55.0 Å². The summed E-state index contributed by atoms with van der Waals surface area (Å²) in [6.07, 6.45) is 4.50. The number of hydrogen-bond donors (Lipinski definition) is 1. The van der Waals surface area contributed by atoms with E-state index in [-0.39, 0.29) is 9.79 Å². The van der Waals surface area contributed by atoms with Gasteiger partial charge in [0.25, 0.3) is 0 Å². The molecule has 0 aliphatic rings. The second-order valence-corrected chi connectivity index (χ2v) is 10.5. The highest BCUT2D eigenvalue weighted by molar-refractivity contribution is 7.90. The Kier molecular flexibility index (Phi) is 6.55. The molecule has 1 atom stereocenters. The number of benzene rings is 2. The third kappa shape index (κ3) is 5.65. The quantitative estimate of drug-likeness (QED) is 0.570. The van der Waals surface area contributed by atoms with Gasteiger partial charge in [-0.15, -0.1) is 0 Å². The topological polar surface area (TPSA) is 102 Å². The highest BCUT2D eigenvalue weighted by Crippen LogP contribution is 2.21. The minimum Gasteiger partial charge on any atom is -0.489 e. The number of sulfone groups is 1. The van der Waals surface area contributed by atoms with Gasteiger partial charge in [-0.2, -0.15) is 0 Å². The Bertz CT molecular complexity index is 1190. The lowest BCUT2D eigenvalue weighted by Crippen LogP contribution is -2.26. The van der Waals surface area contributed by atoms with Crippen molar-refractivity contribution in [3.8, 4) is 5.75 Å². The van der Waals surface area contributed by atoms with E-state index in [1.165, 1.54) is 24.3 Å². The van der Waals surface area contributed by atoms with Crippen molar-refractivity contribution in [2.45, 2.75) is 29.4 Å². The molecule has 0 aliphatic carbocycles. The van der Waals surface area contributed by atoms with E-state index in [4.69, 9.17) is 4.74 Å². The molecule has 0 amide bonds. The number of sulfonamides is 1. The summed E-state index contributed by atoms with van der Waals surface area (Å²) in [6.45, 7) is 2.12. The first-order valence-electron chi connectivity index (χ1n) is 9.09. The van der Waals surface area contributed by atoms with E-state index in [2.05, 4.69) is 9.71 Å². The van der Waals surface area contributed by atoms with Gasteiger partial charge in [0.2, 0.25) is 10.0 Å². The van der Waals surface area contributed by atoms with E-state index in [1.54, 1.807) is 43.6 Å². The third-order valence-electron chi connectivity index (χ3n) is 4.40. The highest BCUT2D eigenvalue weighted by atomic mass is 32.2. The normalized spacial score (nSPS) is 13.0. The van der Waals surface area contributed by atoms with Crippen LogP contribution in [0, 0.1) is 0 Å². The second kappa shape index (κ2) is 8.95. The van der Waals surface area contributed by atoms with Gasteiger partial charge in [0.15, 0.2) is 9.84 Å². The molecule has 0 spiro atoms. The molecule has 30 heavy (non-hydrogen) atoms. The molecular formula is C21H22N2O5S2. The molecule has 0 saturated carbocycles. The van der Waals surface area contributed by atoms with Crippen LogP contribution in [0.2, 0.25) is 0 Å². The summed E-state index contributed by atoms with van der Waals surface area (Å²) in [5.74, 6) is 0.661. The molecule has 0 saturated heterocycles. The molecule has 0 bridgehead atoms. The van der Waals surface area contributed by atoms with Crippen molar-refractivity contribution in [3.05, 3.63) is 84.2 Å². The van der Waals surface area contributed by atoms with Gasteiger partial charge in [0, 0.05) is 30.3 Å². The van der Waals surface area contributed by atoms with E-state index in [0.717, 1.165) is 17.4 Å². The van der Waals surface area contributed by atoms with Crippen LogP contribution in [0.25, 0.3) is 0 Å². The number of pyridine rings is 1. The van der Waals surface area contributed by atoms with Crippen molar-refractivity contribution in [2.24, 2.45) is 0 Å². The summed E-state index contributed by atoms with van der Waals surface area (Å²) in [5.41, 5.74) is 1.71. The molecule has 1 heterocycles. The van der Waals surface area contributed by atoms with E-state index < -0.39 is 25.9 Å². The zero-order valence-corrected chi connectivity index (χ0v) is 18.2. The van der Waals surface area contributed by atoms with Crippen LogP contribution in [-0.4, -0.2) is 28.1 Å². The summed E-state index contributed by atoms with van der Waals surface area (Å²) < 4.78 is 56.6. The third-order valence-corrected chi connectivity index (χ3v) is 7.09. The molecule has 1 unspecified atom stereocenters. The Balaban J connectivity index is 1.65. The van der Waals surface area contributed by atoms with Crippen LogP contribution in [-0.2, 0) is 26.5 Å². The highest BCUT2D eigenvalue weighted by Gasteiger charge is 2.19. The van der Waals surface area contributed by atoms with Gasteiger partial charge >= 0.3 is 0 Å². The number of hydrogen-bond acceptors (Lipinski definition) is 6. The summed E-state index contributed by atoms with van der Waals surface area (Å²) in [5, 5.41) is 0. The number of ether oxygens (including phenoxy) is 1. The van der Waals surface area contributed by atoms with Gasteiger partial charge in [-0.3, -0.25) is 4.98 Å². The number of aromatic nitrogens is 1. The maximum atomic E-state index is 12.6. The Morgan fingerprint density at radius 2 is 1.57 bits per heavy atom. The van der Waals surface area contributed by atoms with Crippen LogP contribution in [0.5, 0.6) is 5.75 Å². The van der Waals surface area contributed by atoms with Crippen LogP contribution in [0.15, 0.2) is 82.8 Å². The molecule has 158 valence electrons. The van der Waals surface area contributed by atoms with Crippen molar-refractivity contribution in [3.63, 3.8) is 0 Å². The van der Waals surface area contributed by atoms with Gasteiger partial charge in [-0.25, -0.2) is 21.6 Å². The summed E-state index contributed by atoms with van der Waals surface area (Å²) in [4.78, 5) is 4.10. The Hall–Kier alpha value is -2.75. The molecule has 0 radical (unpaired) electrons. The van der Waals surface area contributed by atoms with Crippen LogP contribution >= 0.6 is 0 Å². The lowest BCUT2D eigenvalue weighted by atomic mass is 10.1. The molecule has 0 fully saturated rings. The molecule has 0 aliphatic heterocycles. The fourth-order valence-corrected chi connectivity index (χ4v) is 4.60. The first-order valence-corrected chi connectivity index (χ1v) is 12.5. The maximum Gasteiger partial charge on any atom is 0.241 e. The van der Waals surface area contributed by atoms with Gasteiger partial charge in [-0.1, -0.05) is 18.2 Å². The summed E-state index contributed by atoms with van der Waals surface area (Å²) in [6, 6.07) is 15.5. The fraction of sp³-hybridized carbons (Fsp3) is 0.190. The fourth-order valence-electron chi connectivity index (χ4n) is 2.74. The minimum absolute atomic E-state index is 0.00169. The van der Waals surface area contributed by atoms with Crippen molar-refractivity contribution in [2.75, 3.05) is 6.26 Å². The monoisotopic (exact) mass is 446 g/mol. The Morgan fingerprint density at radius 3 is 2.13 bits per heavy atom. The SMILES string of the molecule is CC(NS(=O)(=O)c1ccc(S(C)(=O)=O)cc1)c1ccc(OCc2cccnc2)cc1. The molecule has 1 N–H and O–H groups in total. The summed E-state index contributed by atoms with van der Waals surface area (Å²) >= 11 is 0.